The highest BCUT2D eigenvalue weighted by Crippen LogP contribution is 2.30. The maximum absolute atomic E-state index is 6.12. The molecule has 0 aliphatic heterocycles. The van der Waals surface area contributed by atoms with Crippen LogP contribution in [-0.2, 0) is 12.0 Å². The summed E-state index contributed by atoms with van der Waals surface area (Å²) in [6, 6.07) is 19.0. The third-order valence-corrected chi connectivity index (χ3v) is 4.10. The molecule has 23 heavy (non-hydrogen) atoms. The van der Waals surface area contributed by atoms with Gasteiger partial charge in [-0.25, -0.2) is 0 Å². The highest BCUT2D eigenvalue weighted by Gasteiger charge is 2.20. The summed E-state index contributed by atoms with van der Waals surface area (Å²) in [6.07, 6.45) is 0. The molecule has 0 heterocycles. The topological polar surface area (TPSA) is 9.23 Å². The number of hydrogen-bond donors (Lipinski definition) is 0. The van der Waals surface area contributed by atoms with Gasteiger partial charge in [-0.15, -0.1) is 0 Å². The molecule has 2 aromatic rings. The second-order valence-electron chi connectivity index (χ2n) is 7.90. The van der Waals surface area contributed by atoms with Crippen molar-refractivity contribution in [2.75, 3.05) is 27.2 Å². The van der Waals surface area contributed by atoms with Gasteiger partial charge in [-0.2, -0.15) is 0 Å². The van der Waals surface area contributed by atoms with E-state index in [4.69, 9.17) is 4.74 Å². The molecule has 2 heteroatoms. The molecule has 2 nitrogen and oxygen atoms in total. The lowest BCUT2D eigenvalue weighted by Gasteiger charge is -2.30. The highest BCUT2D eigenvalue weighted by atomic mass is 16.5. The van der Waals surface area contributed by atoms with Crippen LogP contribution in [0.2, 0.25) is 0 Å². The minimum Gasteiger partial charge on any atom is -0.487 e. The van der Waals surface area contributed by atoms with Gasteiger partial charge in [0.25, 0.3) is 0 Å². The van der Waals surface area contributed by atoms with Crippen LogP contribution >= 0.6 is 0 Å². The lowest BCUT2D eigenvalue weighted by Crippen LogP contribution is -2.42. The zero-order valence-electron chi connectivity index (χ0n) is 15.2. The average Bonchev–Trinajstić information content (AvgIpc) is 2.47. The van der Waals surface area contributed by atoms with Gasteiger partial charge in [0, 0.05) is 5.56 Å². The van der Waals surface area contributed by atoms with Crippen molar-refractivity contribution in [3.05, 3.63) is 65.7 Å². The number of ether oxygens (including phenoxy) is 1. The summed E-state index contributed by atoms with van der Waals surface area (Å²) in [7, 11) is 4.51. The molecule has 0 aliphatic carbocycles. The van der Waals surface area contributed by atoms with Gasteiger partial charge in [0.05, 0.1) is 14.1 Å². The summed E-state index contributed by atoms with van der Waals surface area (Å²) in [5.41, 5.74) is 2.74. The lowest BCUT2D eigenvalue weighted by atomic mass is 9.86. The van der Waals surface area contributed by atoms with Gasteiger partial charge >= 0.3 is 0 Å². The molecule has 0 atom stereocenters. The van der Waals surface area contributed by atoms with Crippen LogP contribution in [0.1, 0.15) is 31.9 Å². The summed E-state index contributed by atoms with van der Waals surface area (Å²) in [5.74, 6) is 1.01. The van der Waals surface area contributed by atoms with Crippen molar-refractivity contribution in [1.29, 1.82) is 0 Å². The Balaban J connectivity index is 1.94. The summed E-state index contributed by atoms with van der Waals surface area (Å²) < 4.78 is 7.04. The monoisotopic (exact) mass is 312 g/mol. The van der Waals surface area contributed by atoms with Gasteiger partial charge in [-0.3, -0.25) is 0 Å². The van der Waals surface area contributed by atoms with Crippen LogP contribution in [0, 0.1) is 0 Å². The minimum absolute atomic E-state index is 0.102. The van der Waals surface area contributed by atoms with E-state index in [9.17, 15) is 0 Å². The maximum atomic E-state index is 6.12. The number of rotatable bonds is 6. The molecule has 0 unspecified atom stereocenters. The van der Waals surface area contributed by atoms with Crippen LogP contribution in [0.4, 0.5) is 0 Å². The van der Waals surface area contributed by atoms with Gasteiger partial charge in [0.15, 0.2) is 0 Å². The molecule has 0 amide bonds. The highest BCUT2D eigenvalue weighted by molar-refractivity contribution is 5.38. The van der Waals surface area contributed by atoms with Crippen molar-refractivity contribution in [3.8, 4) is 5.75 Å². The average molecular weight is 312 g/mol. The fourth-order valence-electron chi connectivity index (χ4n) is 2.77. The molecule has 0 saturated heterocycles. The first kappa shape index (κ1) is 17.6. The Hall–Kier alpha value is -1.80. The van der Waals surface area contributed by atoms with E-state index < -0.39 is 0 Å². The van der Waals surface area contributed by atoms with Crippen molar-refractivity contribution in [2.45, 2.75) is 32.7 Å². The molecule has 0 bridgehead atoms. The van der Waals surface area contributed by atoms with Crippen LogP contribution < -0.4 is 4.74 Å². The van der Waals surface area contributed by atoms with Crippen molar-refractivity contribution >= 4 is 0 Å². The normalized spacial score (nSPS) is 12.2. The van der Waals surface area contributed by atoms with Gasteiger partial charge in [-0.1, -0.05) is 69.3 Å². The van der Waals surface area contributed by atoms with Gasteiger partial charge in [0.2, 0.25) is 0 Å². The Bertz CT molecular complexity index is 611. The van der Waals surface area contributed by atoms with Crippen LogP contribution in [0.3, 0.4) is 0 Å². The van der Waals surface area contributed by atoms with E-state index in [-0.39, 0.29) is 5.41 Å². The first-order valence-electron chi connectivity index (χ1n) is 8.36. The van der Waals surface area contributed by atoms with E-state index >= 15 is 0 Å². The molecule has 2 aromatic carbocycles. The Morgan fingerprint density at radius 2 is 1.48 bits per heavy atom. The van der Waals surface area contributed by atoms with Crippen LogP contribution in [0.25, 0.3) is 0 Å². The van der Waals surface area contributed by atoms with Gasteiger partial charge in [-0.05, 0) is 17.0 Å². The molecule has 0 spiro atoms. The fraction of sp³-hybridized carbons (Fsp3) is 0.429. The summed E-state index contributed by atoms with van der Waals surface area (Å²) in [5, 5.41) is 0. The quantitative estimate of drug-likeness (QED) is 0.706. The zero-order valence-corrected chi connectivity index (χ0v) is 15.2. The maximum Gasteiger partial charge on any atom is 0.137 e. The number of quaternary nitrogens is 1. The van der Waals surface area contributed by atoms with E-state index in [0.29, 0.717) is 0 Å². The molecule has 0 aromatic heterocycles. The molecule has 2 rings (SSSR count). The first-order valence-corrected chi connectivity index (χ1v) is 8.36. The van der Waals surface area contributed by atoms with Crippen molar-refractivity contribution in [3.63, 3.8) is 0 Å². The third kappa shape index (κ3) is 5.40. The number of nitrogens with zero attached hydrogens (tertiary/aromatic N) is 1. The van der Waals surface area contributed by atoms with E-state index in [2.05, 4.69) is 89.5 Å². The second-order valence-corrected chi connectivity index (χ2v) is 7.90. The summed E-state index contributed by atoms with van der Waals surface area (Å²) in [4.78, 5) is 0. The Kier molecular flexibility index (Phi) is 5.48. The first-order chi connectivity index (χ1) is 10.8. The van der Waals surface area contributed by atoms with E-state index in [1.807, 2.05) is 0 Å². The molecular formula is C21H30NO+. The molecular weight excluding hydrogens is 282 g/mol. The Morgan fingerprint density at radius 1 is 0.870 bits per heavy atom. The number of para-hydroxylation sites is 1. The SMILES string of the molecule is CC(C)(C)c1ccccc1OCC[N+](C)(C)Cc1ccccc1. The smallest absolute Gasteiger partial charge is 0.137 e. The van der Waals surface area contributed by atoms with Crippen LogP contribution in [-0.4, -0.2) is 31.7 Å². The minimum atomic E-state index is 0.102. The van der Waals surface area contributed by atoms with Crippen LogP contribution in [0.15, 0.2) is 54.6 Å². The molecule has 0 saturated carbocycles. The predicted octanol–water partition coefficient (Wildman–Crippen LogP) is 4.64. The second kappa shape index (κ2) is 7.18. The number of benzene rings is 2. The van der Waals surface area contributed by atoms with Crippen molar-refractivity contribution in [2.24, 2.45) is 0 Å². The van der Waals surface area contributed by atoms with Crippen molar-refractivity contribution in [1.82, 2.24) is 0 Å². The molecule has 124 valence electrons. The molecule has 0 fully saturated rings. The summed E-state index contributed by atoms with van der Waals surface area (Å²) >= 11 is 0. The Labute approximate surface area is 141 Å². The molecule has 0 aliphatic rings. The van der Waals surface area contributed by atoms with Crippen molar-refractivity contribution < 1.29 is 9.22 Å². The molecule has 0 radical (unpaired) electrons. The summed E-state index contributed by atoms with van der Waals surface area (Å²) in [6.45, 7) is 9.41. The standard InChI is InChI=1S/C21H30NO/c1-21(2,3)19-13-9-10-14-20(19)23-16-15-22(4,5)17-18-11-7-6-8-12-18/h6-14H,15-17H2,1-5H3/q+1. The lowest BCUT2D eigenvalue weighted by molar-refractivity contribution is -0.903. The third-order valence-electron chi connectivity index (χ3n) is 4.10. The molecule has 0 N–H and O–H groups in total. The van der Waals surface area contributed by atoms with E-state index in [1.54, 1.807) is 0 Å². The number of hydrogen-bond acceptors (Lipinski definition) is 1. The largest absolute Gasteiger partial charge is 0.487 e. The van der Waals surface area contributed by atoms with E-state index in [0.717, 1.165) is 29.9 Å². The zero-order chi connectivity index (χ0) is 16.9. The fourth-order valence-corrected chi connectivity index (χ4v) is 2.77. The van der Waals surface area contributed by atoms with Gasteiger partial charge in [0.1, 0.15) is 25.4 Å². The van der Waals surface area contributed by atoms with E-state index in [1.165, 1.54) is 11.1 Å². The Morgan fingerprint density at radius 3 is 2.13 bits per heavy atom. The number of likely N-dealkylation sites (N-methyl/N-ethyl adjacent to an activating group) is 1. The predicted molar refractivity (Wildman–Crippen MR) is 97.8 cm³/mol. The van der Waals surface area contributed by atoms with Gasteiger partial charge < -0.3 is 9.22 Å². The van der Waals surface area contributed by atoms with Crippen LogP contribution in [0.5, 0.6) is 5.75 Å².